The second-order valence-corrected chi connectivity index (χ2v) is 6.89. The SMILES string of the molecule is CC(C(=O)Nc1ccccc1C#N)N(C)CC(=O)Nc1ccc(Cl)c(C(F)(F)F)c1. The van der Waals surface area contributed by atoms with Crippen molar-refractivity contribution < 1.29 is 22.8 Å². The molecule has 0 spiro atoms. The van der Waals surface area contributed by atoms with E-state index in [1.807, 2.05) is 6.07 Å². The lowest BCUT2D eigenvalue weighted by molar-refractivity contribution is -0.137. The third kappa shape index (κ3) is 5.95. The van der Waals surface area contributed by atoms with Gasteiger partial charge in [-0.2, -0.15) is 18.4 Å². The standard InChI is InChI=1S/C20H18ClF3N4O2/c1-12(19(30)27-17-6-4-3-5-13(17)10-25)28(2)11-18(29)26-14-7-8-16(21)15(9-14)20(22,23)24/h3-9,12H,11H2,1-2H3,(H,26,29)(H,27,30). The second kappa shape index (κ2) is 9.61. The second-order valence-electron chi connectivity index (χ2n) is 6.48. The lowest BCUT2D eigenvalue weighted by atomic mass is 10.2. The lowest BCUT2D eigenvalue weighted by Gasteiger charge is -2.23. The number of para-hydroxylation sites is 1. The maximum absolute atomic E-state index is 12.9. The summed E-state index contributed by atoms with van der Waals surface area (Å²) >= 11 is 5.56. The number of carbonyl (C=O) groups is 2. The van der Waals surface area contributed by atoms with Gasteiger partial charge in [-0.3, -0.25) is 14.5 Å². The largest absolute Gasteiger partial charge is 0.417 e. The fourth-order valence-electron chi connectivity index (χ4n) is 2.51. The predicted molar refractivity (Wildman–Crippen MR) is 107 cm³/mol. The number of carbonyl (C=O) groups excluding carboxylic acids is 2. The number of hydrogen-bond acceptors (Lipinski definition) is 4. The molecule has 2 amide bonds. The molecule has 2 aromatic carbocycles. The van der Waals surface area contributed by atoms with Crippen molar-refractivity contribution in [3.8, 4) is 6.07 Å². The Morgan fingerprint density at radius 2 is 1.87 bits per heavy atom. The maximum atomic E-state index is 12.9. The van der Waals surface area contributed by atoms with Crippen LogP contribution in [0.25, 0.3) is 0 Å². The zero-order valence-electron chi connectivity index (χ0n) is 16.0. The van der Waals surface area contributed by atoms with Crippen LogP contribution in [0, 0.1) is 11.3 Å². The smallest absolute Gasteiger partial charge is 0.325 e. The first-order valence-corrected chi connectivity index (χ1v) is 9.07. The Labute approximate surface area is 176 Å². The minimum absolute atomic E-state index is 0.0647. The first-order valence-electron chi connectivity index (χ1n) is 8.69. The zero-order chi connectivity index (χ0) is 22.5. The van der Waals surface area contributed by atoms with Gasteiger partial charge in [-0.15, -0.1) is 0 Å². The maximum Gasteiger partial charge on any atom is 0.417 e. The van der Waals surface area contributed by atoms with Crippen molar-refractivity contribution in [2.75, 3.05) is 24.2 Å². The number of benzene rings is 2. The Hall–Kier alpha value is -3.09. The van der Waals surface area contributed by atoms with Crippen molar-refractivity contribution in [1.29, 1.82) is 5.26 Å². The number of likely N-dealkylation sites (N-methyl/N-ethyl adjacent to an activating group) is 1. The first kappa shape index (κ1) is 23.2. The molecule has 1 atom stereocenters. The molecule has 0 saturated heterocycles. The van der Waals surface area contributed by atoms with E-state index >= 15 is 0 Å². The van der Waals surface area contributed by atoms with E-state index in [2.05, 4.69) is 10.6 Å². The molecule has 158 valence electrons. The van der Waals surface area contributed by atoms with Crippen LogP contribution in [-0.4, -0.2) is 36.3 Å². The third-order valence-corrected chi connectivity index (χ3v) is 4.62. The quantitative estimate of drug-likeness (QED) is 0.710. The van der Waals surface area contributed by atoms with Gasteiger partial charge in [0.1, 0.15) is 6.07 Å². The fourth-order valence-corrected chi connectivity index (χ4v) is 2.74. The zero-order valence-corrected chi connectivity index (χ0v) is 16.8. The molecular weight excluding hydrogens is 421 g/mol. The van der Waals surface area contributed by atoms with E-state index in [1.165, 1.54) is 18.0 Å². The summed E-state index contributed by atoms with van der Waals surface area (Å²) in [4.78, 5) is 26.1. The molecule has 2 N–H and O–H groups in total. The molecule has 2 rings (SSSR count). The summed E-state index contributed by atoms with van der Waals surface area (Å²) in [6.07, 6.45) is -4.65. The van der Waals surface area contributed by atoms with Crippen LogP contribution in [0.5, 0.6) is 0 Å². The Balaban J connectivity index is 2.00. The molecule has 0 aliphatic carbocycles. The number of nitriles is 1. The van der Waals surface area contributed by atoms with E-state index in [1.54, 1.807) is 31.2 Å². The van der Waals surface area contributed by atoms with Crippen LogP contribution < -0.4 is 10.6 Å². The van der Waals surface area contributed by atoms with Gasteiger partial charge in [0.2, 0.25) is 11.8 Å². The molecule has 0 aliphatic heterocycles. The van der Waals surface area contributed by atoms with Crippen LogP contribution in [0.15, 0.2) is 42.5 Å². The van der Waals surface area contributed by atoms with Gasteiger partial charge in [-0.25, -0.2) is 0 Å². The molecule has 10 heteroatoms. The molecule has 6 nitrogen and oxygen atoms in total. The number of hydrogen-bond donors (Lipinski definition) is 2. The average molecular weight is 439 g/mol. The van der Waals surface area contributed by atoms with Crippen molar-refractivity contribution in [2.45, 2.75) is 19.1 Å². The summed E-state index contributed by atoms with van der Waals surface area (Å²) in [6, 6.07) is 10.7. The minimum Gasteiger partial charge on any atom is -0.325 e. The van der Waals surface area contributed by atoms with E-state index in [-0.39, 0.29) is 12.2 Å². The Kier molecular flexibility index (Phi) is 7.43. The number of nitrogens with one attached hydrogen (secondary N) is 2. The normalized spacial score (nSPS) is 12.2. The van der Waals surface area contributed by atoms with Gasteiger partial charge in [-0.05, 0) is 44.3 Å². The summed E-state index contributed by atoms with van der Waals surface area (Å²) in [7, 11) is 1.52. The van der Waals surface area contributed by atoms with Crippen LogP contribution in [-0.2, 0) is 15.8 Å². The summed E-state index contributed by atoms with van der Waals surface area (Å²) in [5.74, 6) is -1.05. The van der Waals surface area contributed by atoms with Gasteiger partial charge in [0, 0.05) is 5.69 Å². The molecule has 0 heterocycles. The first-order chi connectivity index (χ1) is 14.0. The third-order valence-electron chi connectivity index (χ3n) is 4.29. The highest BCUT2D eigenvalue weighted by Gasteiger charge is 2.33. The Bertz CT molecular complexity index is 989. The molecule has 0 fully saturated rings. The number of amides is 2. The topological polar surface area (TPSA) is 85.2 Å². The van der Waals surface area contributed by atoms with Crippen LogP contribution in [0.3, 0.4) is 0 Å². The molecule has 0 bridgehead atoms. The fraction of sp³-hybridized carbons (Fsp3) is 0.250. The summed E-state index contributed by atoms with van der Waals surface area (Å²) in [5.41, 5.74) is -0.485. The van der Waals surface area contributed by atoms with Crippen molar-refractivity contribution in [1.82, 2.24) is 4.90 Å². The highest BCUT2D eigenvalue weighted by Crippen LogP contribution is 2.36. The molecule has 2 aromatic rings. The number of alkyl halides is 3. The highest BCUT2D eigenvalue weighted by atomic mass is 35.5. The number of anilines is 2. The van der Waals surface area contributed by atoms with Crippen molar-refractivity contribution in [3.05, 3.63) is 58.6 Å². The van der Waals surface area contributed by atoms with Gasteiger partial charge >= 0.3 is 6.18 Å². The van der Waals surface area contributed by atoms with Gasteiger partial charge < -0.3 is 10.6 Å². The van der Waals surface area contributed by atoms with E-state index in [4.69, 9.17) is 16.9 Å². The van der Waals surface area contributed by atoms with Gasteiger partial charge in [0.25, 0.3) is 0 Å². The molecule has 30 heavy (non-hydrogen) atoms. The highest BCUT2D eigenvalue weighted by molar-refractivity contribution is 6.31. The van der Waals surface area contributed by atoms with E-state index in [9.17, 15) is 22.8 Å². The van der Waals surface area contributed by atoms with Gasteiger partial charge in [-0.1, -0.05) is 23.7 Å². The molecule has 0 radical (unpaired) electrons. The van der Waals surface area contributed by atoms with Crippen LogP contribution in [0.1, 0.15) is 18.1 Å². The van der Waals surface area contributed by atoms with Gasteiger partial charge in [0.05, 0.1) is 34.4 Å². The van der Waals surface area contributed by atoms with E-state index in [0.717, 1.165) is 12.1 Å². The minimum atomic E-state index is -4.65. The Morgan fingerprint density at radius 3 is 2.50 bits per heavy atom. The van der Waals surface area contributed by atoms with Crippen molar-refractivity contribution in [3.63, 3.8) is 0 Å². The van der Waals surface area contributed by atoms with Crippen molar-refractivity contribution in [2.24, 2.45) is 0 Å². The molecular formula is C20H18ClF3N4O2. The monoisotopic (exact) mass is 438 g/mol. The van der Waals surface area contributed by atoms with E-state index in [0.29, 0.717) is 11.3 Å². The molecule has 1 unspecified atom stereocenters. The van der Waals surface area contributed by atoms with Crippen LogP contribution in [0.2, 0.25) is 5.02 Å². The van der Waals surface area contributed by atoms with E-state index < -0.39 is 34.6 Å². The van der Waals surface area contributed by atoms with Gasteiger partial charge in [0.15, 0.2) is 0 Å². The van der Waals surface area contributed by atoms with Crippen LogP contribution >= 0.6 is 11.6 Å². The molecule has 0 aliphatic rings. The average Bonchev–Trinajstić information content (AvgIpc) is 2.68. The summed E-state index contributed by atoms with van der Waals surface area (Å²) in [6.45, 7) is 1.31. The molecule has 0 aromatic heterocycles. The predicted octanol–water partition coefficient (Wildman–Crippen LogP) is 4.13. The lowest BCUT2D eigenvalue weighted by Crippen LogP contribution is -2.43. The molecule has 0 saturated carbocycles. The summed E-state index contributed by atoms with van der Waals surface area (Å²) < 4.78 is 38.8. The number of nitrogens with zero attached hydrogens (tertiary/aromatic N) is 2. The number of rotatable bonds is 6. The summed E-state index contributed by atoms with van der Waals surface area (Å²) in [5, 5.41) is 13.6. The van der Waals surface area contributed by atoms with Crippen molar-refractivity contribution >= 4 is 34.8 Å². The Morgan fingerprint density at radius 1 is 1.20 bits per heavy atom. The van der Waals surface area contributed by atoms with Crippen LogP contribution in [0.4, 0.5) is 24.5 Å². The number of halogens is 4.